The maximum Gasteiger partial charge on any atom is 0.318 e. The van der Waals surface area contributed by atoms with E-state index in [4.69, 9.17) is 18.6 Å². The molecular formula is C22H26F2N4O4. The van der Waals surface area contributed by atoms with Crippen molar-refractivity contribution in [1.82, 2.24) is 15.1 Å². The van der Waals surface area contributed by atoms with E-state index in [2.05, 4.69) is 15.1 Å². The van der Waals surface area contributed by atoms with Gasteiger partial charge in [0.15, 0.2) is 11.6 Å². The fourth-order valence-corrected chi connectivity index (χ4v) is 5.40. The normalized spacial score (nSPS) is 26.3. The molecule has 1 aromatic carbocycles. The van der Waals surface area contributed by atoms with Crippen molar-refractivity contribution in [3.05, 3.63) is 35.7 Å². The van der Waals surface area contributed by atoms with Gasteiger partial charge >= 0.3 is 6.01 Å². The molecule has 32 heavy (non-hydrogen) atoms. The van der Waals surface area contributed by atoms with E-state index in [9.17, 15) is 8.78 Å². The van der Waals surface area contributed by atoms with E-state index in [0.29, 0.717) is 37.4 Å². The summed E-state index contributed by atoms with van der Waals surface area (Å²) in [7, 11) is 0. The quantitative estimate of drug-likeness (QED) is 0.690. The molecule has 4 fully saturated rings. The first-order chi connectivity index (χ1) is 15.6. The van der Waals surface area contributed by atoms with Gasteiger partial charge in [0, 0.05) is 17.7 Å². The largest absolute Gasteiger partial charge is 0.482 e. The van der Waals surface area contributed by atoms with E-state index in [-0.39, 0.29) is 23.4 Å². The molecule has 172 valence electrons. The van der Waals surface area contributed by atoms with Crippen LogP contribution in [0.15, 0.2) is 22.9 Å². The molecule has 0 N–H and O–H groups in total. The van der Waals surface area contributed by atoms with Gasteiger partial charge in [-0.25, -0.2) is 8.78 Å². The van der Waals surface area contributed by atoms with E-state index < -0.39 is 11.6 Å². The van der Waals surface area contributed by atoms with Crippen molar-refractivity contribution in [2.75, 3.05) is 50.9 Å². The number of ether oxygens (including phenoxy) is 3. The molecule has 0 saturated carbocycles. The second-order valence-electron chi connectivity index (χ2n) is 9.32. The number of anilines is 1. The Balaban J connectivity index is 1.07. The van der Waals surface area contributed by atoms with Gasteiger partial charge in [-0.1, -0.05) is 5.10 Å². The summed E-state index contributed by atoms with van der Waals surface area (Å²) in [5, 5.41) is 7.69. The van der Waals surface area contributed by atoms with Gasteiger partial charge in [-0.05, 0) is 44.3 Å². The topological polar surface area (TPSA) is 73.1 Å². The first-order valence-corrected chi connectivity index (χ1v) is 11.2. The number of aromatic nitrogens is 2. The Bertz CT molecular complexity index is 957. The summed E-state index contributed by atoms with van der Waals surface area (Å²) in [5.74, 6) is -0.923. The third kappa shape index (κ3) is 3.64. The average Bonchev–Trinajstić information content (AvgIpc) is 3.40. The second-order valence-corrected chi connectivity index (χ2v) is 9.32. The van der Waals surface area contributed by atoms with Gasteiger partial charge in [0.25, 0.3) is 0 Å². The number of rotatable bonds is 5. The zero-order valence-electron chi connectivity index (χ0n) is 17.7. The minimum atomic E-state index is -0.628. The van der Waals surface area contributed by atoms with Crippen LogP contribution >= 0.6 is 0 Å². The monoisotopic (exact) mass is 448 g/mol. The van der Waals surface area contributed by atoms with Gasteiger partial charge in [0.1, 0.15) is 17.5 Å². The van der Waals surface area contributed by atoms with Crippen molar-refractivity contribution in [2.45, 2.75) is 42.9 Å². The maximum atomic E-state index is 14.5. The van der Waals surface area contributed by atoms with E-state index in [1.54, 1.807) is 0 Å². The summed E-state index contributed by atoms with van der Waals surface area (Å²) in [6.45, 7) is 4.85. The fourth-order valence-electron chi connectivity index (χ4n) is 5.40. The number of piperidine rings is 1. The lowest BCUT2D eigenvalue weighted by molar-refractivity contribution is -0.0814. The number of halogens is 2. The van der Waals surface area contributed by atoms with Gasteiger partial charge in [-0.3, -0.25) is 4.90 Å². The highest BCUT2D eigenvalue weighted by Crippen LogP contribution is 2.42. The summed E-state index contributed by atoms with van der Waals surface area (Å²) in [4.78, 5) is 4.49. The zero-order valence-corrected chi connectivity index (χ0v) is 17.7. The van der Waals surface area contributed by atoms with Gasteiger partial charge in [0.05, 0.1) is 32.9 Å². The van der Waals surface area contributed by atoms with Crippen molar-refractivity contribution in [3.63, 3.8) is 0 Å². The predicted octanol–water partition coefficient (Wildman–Crippen LogP) is 2.35. The molecule has 2 aromatic rings. The van der Waals surface area contributed by atoms with E-state index in [1.807, 2.05) is 4.90 Å². The van der Waals surface area contributed by atoms with Gasteiger partial charge < -0.3 is 23.5 Å². The van der Waals surface area contributed by atoms with Crippen LogP contribution < -0.4 is 9.64 Å². The van der Waals surface area contributed by atoms with Crippen LogP contribution in [0.2, 0.25) is 0 Å². The van der Waals surface area contributed by atoms with Crippen molar-refractivity contribution in [2.24, 2.45) is 0 Å². The van der Waals surface area contributed by atoms with Crippen LogP contribution in [0.5, 0.6) is 5.75 Å². The predicted molar refractivity (Wildman–Crippen MR) is 109 cm³/mol. The van der Waals surface area contributed by atoms with Crippen LogP contribution in [0, 0.1) is 11.6 Å². The first-order valence-electron chi connectivity index (χ1n) is 11.2. The SMILES string of the molecule is Fc1cc(F)c(OC2COC2)c(C2CCN(C3COC4(C3)CN(c3nnco3)C4)CC2)c1. The molecular weight excluding hydrogens is 422 g/mol. The summed E-state index contributed by atoms with van der Waals surface area (Å²) >= 11 is 0. The lowest BCUT2D eigenvalue weighted by Gasteiger charge is -2.46. The Hall–Kier alpha value is -2.30. The van der Waals surface area contributed by atoms with Crippen LogP contribution in [-0.4, -0.2) is 78.8 Å². The molecule has 6 rings (SSSR count). The summed E-state index contributed by atoms with van der Waals surface area (Å²) in [5.41, 5.74) is 0.496. The average molecular weight is 448 g/mol. The Morgan fingerprint density at radius 2 is 1.91 bits per heavy atom. The number of hydrogen-bond acceptors (Lipinski definition) is 8. The minimum Gasteiger partial charge on any atom is -0.482 e. The number of likely N-dealkylation sites (tertiary alicyclic amines) is 1. The highest BCUT2D eigenvalue weighted by atomic mass is 19.1. The van der Waals surface area contributed by atoms with Crippen LogP contribution in [0.3, 0.4) is 0 Å². The van der Waals surface area contributed by atoms with Gasteiger partial charge in [-0.15, -0.1) is 5.10 Å². The Kier molecular flexibility index (Phi) is 5.03. The molecule has 0 radical (unpaired) electrons. The van der Waals surface area contributed by atoms with Crippen molar-refractivity contribution >= 4 is 6.01 Å². The number of hydrogen-bond donors (Lipinski definition) is 0. The summed E-state index contributed by atoms with van der Waals surface area (Å²) in [6.07, 6.45) is 3.81. The van der Waals surface area contributed by atoms with Crippen molar-refractivity contribution < 1.29 is 27.4 Å². The molecule has 1 atom stereocenters. The third-order valence-corrected chi connectivity index (χ3v) is 7.18. The van der Waals surface area contributed by atoms with Gasteiger partial charge in [0.2, 0.25) is 6.39 Å². The molecule has 4 saturated heterocycles. The molecule has 4 aliphatic rings. The molecule has 10 heteroatoms. The van der Waals surface area contributed by atoms with E-state index in [1.165, 1.54) is 12.5 Å². The summed E-state index contributed by atoms with van der Waals surface area (Å²) in [6, 6.07) is 3.23. The van der Waals surface area contributed by atoms with Crippen molar-refractivity contribution in [3.8, 4) is 5.75 Å². The highest BCUT2D eigenvalue weighted by Gasteiger charge is 2.52. The minimum absolute atomic E-state index is 0.0699. The number of nitrogens with zero attached hydrogens (tertiary/aromatic N) is 4. The standard InChI is InChI=1S/C22H26F2N4O4/c23-15-5-18(20(19(24)6-15)32-17-9-29-10-17)14-1-3-27(4-2-14)16-7-22(31-8-16)11-28(12-22)21-26-25-13-30-21/h5-6,13-14,16-17H,1-4,7-12H2. The molecule has 1 unspecified atom stereocenters. The maximum absolute atomic E-state index is 14.5. The zero-order chi connectivity index (χ0) is 21.7. The first kappa shape index (κ1) is 20.3. The Morgan fingerprint density at radius 3 is 2.59 bits per heavy atom. The lowest BCUT2D eigenvalue weighted by Crippen LogP contribution is -2.62. The third-order valence-electron chi connectivity index (χ3n) is 7.18. The lowest BCUT2D eigenvalue weighted by atomic mass is 9.86. The molecule has 0 aliphatic carbocycles. The number of benzene rings is 1. The van der Waals surface area contributed by atoms with E-state index >= 15 is 0 Å². The molecule has 5 heterocycles. The molecule has 0 bridgehead atoms. The molecule has 8 nitrogen and oxygen atoms in total. The smallest absolute Gasteiger partial charge is 0.318 e. The molecule has 4 aliphatic heterocycles. The highest BCUT2D eigenvalue weighted by molar-refractivity contribution is 5.39. The van der Waals surface area contributed by atoms with Gasteiger partial charge in [-0.2, -0.15) is 0 Å². The second kappa shape index (κ2) is 7.93. The van der Waals surface area contributed by atoms with Crippen molar-refractivity contribution in [1.29, 1.82) is 0 Å². The Labute approximate surface area is 184 Å². The van der Waals surface area contributed by atoms with Crippen LogP contribution in [0.4, 0.5) is 14.8 Å². The Morgan fingerprint density at radius 1 is 1.09 bits per heavy atom. The van der Waals surface area contributed by atoms with Crippen LogP contribution in [-0.2, 0) is 9.47 Å². The van der Waals surface area contributed by atoms with Crippen LogP contribution in [0.1, 0.15) is 30.7 Å². The van der Waals surface area contributed by atoms with E-state index in [0.717, 1.165) is 51.5 Å². The fraction of sp³-hybridized carbons (Fsp3) is 0.636. The molecule has 0 amide bonds. The molecule has 1 aromatic heterocycles. The molecule has 1 spiro atoms. The summed E-state index contributed by atoms with van der Waals surface area (Å²) < 4.78 is 50.9. The van der Waals surface area contributed by atoms with Crippen LogP contribution in [0.25, 0.3) is 0 Å².